The highest BCUT2D eigenvalue weighted by Gasteiger charge is 2.42. The van der Waals surface area contributed by atoms with Gasteiger partial charge in [0.05, 0.1) is 21.7 Å². The largest absolute Gasteiger partial charge is 0.343 e. The normalized spacial score (nSPS) is 24.7. The number of alkyl halides is 1. The molecule has 0 radical (unpaired) electrons. The van der Waals surface area contributed by atoms with Gasteiger partial charge in [0.1, 0.15) is 0 Å². The van der Waals surface area contributed by atoms with Gasteiger partial charge in [0.2, 0.25) is 5.91 Å². The zero-order valence-corrected chi connectivity index (χ0v) is 20.1. The molecule has 1 aliphatic rings. The van der Waals surface area contributed by atoms with Crippen LogP contribution in [0.3, 0.4) is 0 Å². The number of likely N-dealkylation sites (tertiary alicyclic amines) is 1. The van der Waals surface area contributed by atoms with Crippen LogP contribution in [0.5, 0.6) is 0 Å². The number of carbonyl (C=O) groups excluding carboxylic acids is 2. The summed E-state index contributed by atoms with van der Waals surface area (Å²) in [6.45, 7) is 12.9. The summed E-state index contributed by atoms with van der Waals surface area (Å²) in [5.74, 6) is 0.603. The number of rotatable bonds is 3. The summed E-state index contributed by atoms with van der Waals surface area (Å²) < 4.78 is 0.152. The molecule has 1 aliphatic heterocycles. The Morgan fingerprint density at radius 1 is 1.14 bits per heavy atom. The minimum atomic E-state index is -0.243. The lowest BCUT2D eigenvalue weighted by molar-refractivity contribution is -0.131. The van der Waals surface area contributed by atoms with Gasteiger partial charge < -0.3 is 10.2 Å². The Labute approximate surface area is 186 Å². The third-order valence-corrected chi connectivity index (χ3v) is 8.00. The van der Waals surface area contributed by atoms with Crippen LogP contribution in [0.25, 0.3) is 10.9 Å². The Bertz CT molecular complexity index is 923. The molecule has 2 aromatic rings. The number of carbonyl (C=O) groups is 2. The number of aromatic nitrogens is 1. The second-order valence-corrected chi connectivity index (χ2v) is 10.4. The van der Waals surface area contributed by atoms with Crippen molar-refractivity contribution < 1.29 is 9.59 Å². The number of nitrogens with one attached hydrogen (secondary N) is 1. The van der Waals surface area contributed by atoms with Crippen molar-refractivity contribution in [2.45, 2.75) is 57.0 Å². The van der Waals surface area contributed by atoms with Gasteiger partial charge in [0.25, 0.3) is 5.91 Å². The average molecular weight is 507 g/mol. The van der Waals surface area contributed by atoms with E-state index in [4.69, 9.17) is 0 Å². The molecule has 2 heterocycles. The quantitative estimate of drug-likeness (QED) is 0.378. The number of hydrogen-bond donors (Lipinski definition) is 1. The Balaban J connectivity index is 1.76. The molecule has 1 aromatic carbocycles. The zero-order chi connectivity index (χ0) is 21.5. The molecule has 5 nitrogen and oxygen atoms in total. The predicted octanol–water partition coefficient (Wildman–Crippen LogP) is 4.53. The maximum absolute atomic E-state index is 12.8. The van der Waals surface area contributed by atoms with Crippen molar-refractivity contribution in [2.24, 2.45) is 11.8 Å². The van der Waals surface area contributed by atoms with Crippen LogP contribution in [0.15, 0.2) is 30.5 Å². The summed E-state index contributed by atoms with van der Waals surface area (Å²) in [7, 11) is 0. The summed E-state index contributed by atoms with van der Waals surface area (Å²) >= 11 is 2.34. The standard InChI is InChI=1S/C23H30IN3O2/c1-13-14(2)21(24)27(15(13)3)20(28)12-26-22(29)18-9-10-25-19-11-16(23(4,5)6)7-8-17(18)19/h7-11,13-15,21H,12H2,1-6H3,(H,26,29). The third kappa shape index (κ3) is 4.27. The Morgan fingerprint density at radius 2 is 1.83 bits per heavy atom. The van der Waals surface area contributed by atoms with Gasteiger partial charge in [-0.2, -0.15) is 0 Å². The fourth-order valence-corrected chi connectivity index (χ4v) is 5.41. The number of benzene rings is 1. The van der Waals surface area contributed by atoms with Crippen molar-refractivity contribution in [3.8, 4) is 0 Å². The van der Waals surface area contributed by atoms with E-state index < -0.39 is 0 Å². The Kier molecular flexibility index (Phi) is 6.22. The molecule has 1 saturated heterocycles. The van der Waals surface area contributed by atoms with Gasteiger partial charge in [-0.1, -0.05) is 69.3 Å². The second-order valence-electron chi connectivity index (χ2n) is 9.16. The molecular weight excluding hydrogens is 477 g/mol. The van der Waals surface area contributed by atoms with Crippen molar-refractivity contribution in [1.29, 1.82) is 0 Å². The van der Waals surface area contributed by atoms with Crippen molar-refractivity contribution >= 4 is 45.3 Å². The van der Waals surface area contributed by atoms with Crippen LogP contribution < -0.4 is 5.32 Å². The number of fused-ring (bicyclic) bond motifs is 1. The molecule has 1 aromatic heterocycles. The maximum Gasteiger partial charge on any atom is 0.252 e. The molecular formula is C23H30IN3O2. The lowest BCUT2D eigenvalue weighted by Gasteiger charge is -2.26. The number of halogens is 1. The first-order valence-electron chi connectivity index (χ1n) is 10.1. The first-order valence-corrected chi connectivity index (χ1v) is 11.4. The molecule has 6 heteroatoms. The van der Waals surface area contributed by atoms with E-state index in [0.29, 0.717) is 17.4 Å². The fraction of sp³-hybridized carbons (Fsp3) is 0.522. The van der Waals surface area contributed by atoms with Crippen molar-refractivity contribution in [2.75, 3.05) is 6.54 Å². The van der Waals surface area contributed by atoms with Gasteiger partial charge in [-0.15, -0.1) is 0 Å². The van der Waals surface area contributed by atoms with Crippen LogP contribution in [0.1, 0.15) is 57.5 Å². The van der Waals surface area contributed by atoms with Gasteiger partial charge in [-0.25, -0.2) is 0 Å². The molecule has 3 rings (SSSR count). The van der Waals surface area contributed by atoms with Crippen LogP contribution in [0.4, 0.5) is 0 Å². The van der Waals surface area contributed by atoms with Crippen LogP contribution in [-0.2, 0) is 10.2 Å². The average Bonchev–Trinajstić information content (AvgIpc) is 2.87. The van der Waals surface area contributed by atoms with E-state index in [1.54, 1.807) is 12.3 Å². The van der Waals surface area contributed by atoms with E-state index >= 15 is 0 Å². The molecule has 4 unspecified atom stereocenters. The van der Waals surface area contributed by atoms with Crippen LogP contribution >= 0.6 is 22.6 Å². The number of pyridine rings is 1. The van der Waals surface area contributed by atoms with E-state index in [1.807, 2.05) is 23.1 Å². The van der Waals surface area contributed by atoms with Gasteiger partial charge in [-0.3, -0.25) is 14.6 Å². The number of nitrogens with zero attached hydrogens (tertiary/aromatic N) is 2. The molecule has 1 N–H and O–H groups in total. The monoisotopic (exact) mass is 507 g/mol. The van der Waals surface area contributed by atoms with E-state index in [2.05, 4.69) is 74.4 Å². The van der Waals surface area contributed by atoms with E-state index in [9.17, 15) is 9.59 Å². The lowest BCUT2D eigenvalue weighted by atomic mass is 9.86. The van der Waals surface area contributed by atoms with Gasteiger partial charge in [-0.05, 0) is 41.9 Å². The van der Waals surface area contributed by atoms with E-state index in [0.717, 1.165) is 10.9 Å². The molecule has 156 valence electrons. The SMILES string of the molecule is CC1C(C)C(I)N(C(=O)CNC(=O)c2ccnc3cc(C(C)(C)C)ccc23)C1C. The van der Waals surface area contributed by atoms with E-state index in [1.165, 1.54) is 5.56 Å². The molecule has 29 heavy (non-hydrogen) atoms. The fourth-order valence-electron chi connectivity index (χ4n) is 3.94. The van der Waals surface area contributed by atoms with Crippen LogP contribution in [0, 0.1) is 11.8 Å². The highest BCUT2D eigenvalue weighted by molar-refractivity contribution is 14.1. The minimum Gasteiger partial charge on any atom is -0.343 e. The second kappa shape index (κ2) is 8.20. The van der Waals surface area contributed by atoms with Crippen molar-refractivity contribution in [3.05, 3.63) is 41.6 Å². The minimum absolute atomic E-state index is 0.00596. The summed E-state index contributed by atoms with van der Waals surface area (Å²) in [6.07, 6.45) is 1.65. The summed E-state index contributed by atoms with van der Waals surface area (Å²) in [6, 6.07) is 7.91. The summed E-state index contributed by atoms with van der Waals surface area (Å²) in [4.78, 5) is 32.0. The first-order chi connectivity index (χ1) is 13.5. The van der Waals surface area contributed by atoms with Crippen LogP contribution in [-0.4, -0.2) is 38.3 Å². The highest BCUT2D eigenvalue weighted by atomic mass is 127. The smallest absolute Gasteiger partial charge is 0.252 e. The number of amides is 2. The van der Waals surface area contributed by atoms with Crippen molar-refractivity contribution in [1.82, 2.24) is 15.2 Å². The maximum atomic E-state index is 12.8. The van der Waals surface area contributed by atoms with Gasteiger partial charge >= 0.3 is 0 Å². The zero-order valence-electron chi connectivity index (χ0n) is 18.0. The van der Waals surface area contributed by atoms with Gasteiger partial charge in [0.15, 0.2) is 0 Å². The molecule has 1 fully saturated rings. The Hall–Kier alpha value is -1.70. The first kappa shape index (κ1) is 22.0. The molecule has 0 saturated carbocycles. The summed E-state index contributed by atoms with van der Waals surface area (Å²) in [5.41, 5.74) is 2.52. The molecule has 0 aliphatic carbocycles. The molecule has 0 spiro atoms. The molecule has 4 atom stereocenters. The van der Waals surface area contributed by atoms with Crippen LogP contribution in [0.2, 0.25) is 0 Å². The topological polar surface area (TPSA) is 62.3 Å². The summed E-state index contributed by atoms with van der Waals surface area (Å²) in [5, 5.41) is 3.62. The predicted molar refractivity (Wildman–Crippen MR) is 125 cm³/mol. The number of hydrogen-bond acceptors (Lipinski definition) is 3. The Morgan fingerprint density at radius 3 is 2.41 bits per heavy atom. The van der Waals surface area contributed by atoms with Crippen molar-refractivity contribution in [3.63, 3.8) is 0 Å². The molecule has 2 amide bonds. The van der Waals surface area contributed by atoms with E-state index in [-0.39, 0.29) is 33.9 Å². The van der Waals surface area contributed by atoms with Gasteiger partial charge in [0, 0.05) is 17.6 Å². The molecule has 0 bridgehead atoms. The third-order valence-electron chi connectivity index (χ3n) is 6.27. The lowest BCUT2D eigenvalue weighted by Crippen LogP contribution is -2.44. The highest BCUT2D eigenvalue weighted by Crippen LogP contribution is 2.38.